The number of hydrogen-bond acceptors (Lipinski definition) is 4. The van der Waals surface area contributed by atoms with Crippen molar-refractivity contribution in [2.45, 2.75) is 0 Å². The van der Waals surface area contributed by atoms with Crippen LogP contribution in [0.3, 0.4) is 0 Å². The van der Waals surface area contributed by atoms with Crippen LogP contribution in [0.25, 0.3) is 11.3 Å². The smallest absolute Gasteiger partial charge is 0.240 e. The highest BCUT2D eigenvalue weighted by atomic mass is 35.5. The maximum atomic E-state index is 10.2. The summed E-state index contributed by atoms with van der Waals surface area (Å²) in [5, 5.41) is 0.379. The Morgan fingerprint density at radius 2 is 2.19 bits per heavy atom. The molecule has 0 N–H and O–H groups in total. The second kappa shape index (κ2) is 4.66. The number of aliphatic imine (C=N–C) groups is 1. The van der Waals surface area contributed by atoms with Gasteiger partial charge in [0.1, 0.15) is 6.33 Å². The Labute approximate surface area is 96.7 Å². The highest BCUT2D eigenvalue weighted by Crippen LogP contribution is 2.33. The number of nitrogens with zero attached hydrogens (tertiary/aromatic N) is 3. The summed E-state index contributed by atoms with van der Waals surface area (Å²) >= 11 is 6.09. The number of halogens is 1. The van der Waals surface area contributed by atoms with Crippen LogP contribution in [0.1, 0.15) is 0 Å². The lowest BCUT2D eigenvalue weighted by Crippen LogP contribution is -1.85. The van der Waals surface area contributed by atoms with Gasteiger partial charge in [-0.25, -0.2) is 14.8 Å². The number of hydrogen-bond donors (Lipinski definition) is 0. The zero-order valence-electron chi connectivity index (χ0n) is 8.09. The molecule has 0 fully saturated rings. The normalized spacial score (nSPS) is 9.56. The van der Waals surface area contributed by atoms with E-state index in [1.165, 1.54) is 12.4 Å². The third-order valence-electron chi connectivity index (χ3n) is 2.00. The fraction of sp³-hybridized carbons (Fsp3) is 0. The summed E-state index contributed by atoms with van der Waals surface area (Å²) in [6.07, 6.45) is 4.51. The molecule has 0 aliphatic carbocycles. The van der Waals surface area contributed by atoms with Gasteiger partial charge in [0, 0.05) is 11.8 Å². The molecule has 0 atom stereocenters. The van der Waals surface area contributed by atoms with Crippen LogP contribution in [0.4, 0.5) is 5.69 Å². The third kappa shape index (κ3) is 1.98. The number of isocyanates is 1. The zero-order chi connectivity index (χ0) is 11.4. The van der Waals surface area contributed by atoms with E-state index in [9.17, 15) is 4.79 Å². The van der Waals surface area contributed by atoms with Crippen molar-refractivity contribution in [2.24, 2.45) is 4.99 Å². The molecule has 4 nitrogen and oxygen atoms in total. The summed E-state index contributed by atoms with van der Waals surface area (Å²) in [5.41, 5.74) is 1.77. The van der Waals surface area contributed by atoms with Crippen molar-refractivity contribution in [2.75, 3.05) is 0 Å². The molecule has 0 saturated carbocycles. The summed E-state index contributed by atoms with van der Waals surface area (Å²) in [6.45, 7) is 0. The lowest BCUT2D eigenvalue weighted by atomic mass is 10.1. The van der Waals surface area contributed by atoms with Gasteiger partial charge >= 0.3 is 0 Å². The quantitative estimate of drug-likeness (QED) is 0.590. The topological polar surface area (TPSA) is 55.2 Å². The zero-order valence-corrected chi connectivity index (χ0v) is 8.85. The first-order valence-corrected chi connectivity index (χ1v) is 4.83. The first-order valence-electron chi connectivity index (χ1n) is 4.45. The predicted octanol–water partition coefficient (Wildman–Crippen LogP) is 2.76. The molecule has 5 heteroatoms. The van der Waals surface area contributed by atoms with Crippen LogP contribution in [0.2, 0.25) is 5.02 Å². The lowest BCUT2D eigenvalue weighted by molar-refractivity contribution is 0.565. The summed E-state index contributed by atoms with van der Waals surface area (Å²) in [4.78, 5) is 21.6. The molecule has 0 aliphatic rings. The van der Waals surface area contributed by atoms with Crippen LogP contribution in [-0.2, 0) is 4.79 Å². The van der Waals surface area contributed by atoms with E-state index in [0.717, 1.165) is 0 Å². The van der Waals surface area contributed by atoms with Crippen molar-refractivity contribution in [3.63, 3.8) is 0 Å². The average molecular weight is 232 g/mol. The minimum Gasteiger partial charge on any atom is -0.245 e. The van der Waals surface area contributed by atoms with Crippen LogP contribution < -0.4 is 0 Å². The van der Waals surface area contributed by atoms with Gasteiger partial charge in [0.05, 0.1) is 16.4 Å². The second-order valence-corrected chi connectivity index (χ2v) is 3.31. The Hall–Kier alpha value is -2.03. The van der Waals surface area contributed by atoms with E-state index in [-0.39, 0.29) is 0 Å². The van der Waals surface area contributed by atoms with Gasteiger partial charge in [0.25, 0.3) is 0 Å². The largest absolute Gasteiger partial charge is 0.245 e. The fourth-order valence-corrected chi connectivity index (χ4v) is 1.57. The SMILES string of the molecule is O=C=Nc1cccc(-c2ccncn2)c1Cl. The highest BCUT2D eigenvalue weighted by Gasteiger charge is 2.08. The molecule has 78 valence electrons. The Balaban J connectivity index is 2.59. The van der Waals surface area contributed by atoms with E-state index < -0.39 is 0 Å². The monoisotopic (exact) mass is 231 g/mol. The number of aromatic nitrogens is 2. The summed E-state index contributed by atoms with van der Waals surface area (Å²) in [5.74, 6) is 0. The molecule has 1 aromatic carbocycles. The first-order chi connectivity index (χ1) is 7.83. The molecule has 1 aromatic heterocycles. The first kappa shape index (κ1) is 10.5. The maximum absolute atomic E-state index is 10.2. The van der Waals surface area contributed by atoms with Crippen molar-refractivity contribution in [3.05, 3.63) is 41.8 Å². The Morgan fingerprint density at radius 3 is 2.88 bits per heavy atom. The molecule has 0 bridgehead atoms. The molecule has 0 radical (unpaired) electrons. The molecular formula is C11H6ClN3O. The number of benzene rings is 1. The van der Waals surface area contributed by atoms with Crippen LogP contribution in [-0.4, -0.2) is 16.0 Å². The molecule has 0 amide bonds. The van der Waals surface area contributed by atoms with Crippen LogP contribution >= 0.6 is 11.6 Å². The predicted molar refractivity (Wildman–Crippen MR) is 60.3 cm³/mol. The van der Waals surface area contributed by atoms with Crippen LogP contribution in [0.5, 0.6) is 0 Å². The van der Waals surface area contributed by atoms with Crippen LogP contribution in [0.15, 0.2) is 41.8 Å². The Kier molecular flexibility index (Phi) is 3.05. The molecular weight excluding hydrogens is 226 g/mol. The average Bonchev–Trinajstić information content (AvgIpc) is 2.33. The van der Waals surface area contributed by atoms with E-state index in [0.29, 0.717) is 22.0 Å². The highest BCUT2D eigenvalue weighted by molar-refractivity contribution is 6.35. The van der Waals surface area contributed by atoms with E-state index in [1.54, 1.807) is 30.5 Å². The minimum atomic E-state index is 0.379. The van der Waals surface area contributed by atoms with Crippen LogP contribution in [0, 0.1) is 0 Å². The van der Waals surface area contributed by atoms with E-state index in [4.69, 9.17) is 11.6 Å². The standard InChI is InChI=1S/C11H6ClN3O/c12-11-8(9-4-5-13-6-14-9)2-1-3-10(11)15-7-16/h1-6H. The minimum absolute atomic E-state index is 0.379. The van der Waals surface area contributed by atoms with Gasteiger partial charge in [-0.05, 0) is 12.1 Å². The number of rotatable bonds is 2. The van der Waals surface area contributed by atoms with Crippen molar-refractivity contribution in [1.29, 1.82) is 0 Å². The summed E-state index contributed by atoms with van der Waals surface area (Å²) < 4.78 is 0. The molecule has 0 spiro atoms. The molecule has 0 aliphatic heterocycles. The van der Waals surface area contributed by atoms with Gasteiger partial charge in [-0.3, -0.25) is 0 Å². The van der Waals surface area contributed by atoms with Crippen molar-refractivity contribution >= 4 is 23.4 Å². The Morgan fingerprint density at radius 1 is 1.31 bits per heavy atom. The summed E-state index contributed by atoms with van der Waals surface area (Å²) in [6, 6.07) is 6.92. The van der Waals surface area contributed by atoms with E-state index in [2.05, 4.69) is 15.0 Å². The molecule has 2 rings (SSSR count). The molecule has 2 aromatic rings. The molecule has 16 heavy (non-hydrogen) atoms. The van der Waals surface area contributed by atoms with E-state index in [1.807, 2.05) is 0 Å². The van der Waals surface area contributed by atoms with Gasteiger partial charge in [-0.1, -0.05) is 23.7 Å². The lowest BCUT2D eigenvalue weighted by Gasteiger charge is -2.04. The van der Waals surface area contributed by atoms with Crippen molar-refractivity contribution in [3.8, 4) is 11.3 Å². The molecule has 1 heterocycles. The van der Waals surface area contributed by atoms with Gasteiger partial charge in [0.15, 0.2) is 0 Å². The second-order valence-electron chi connectivity index (χ2n) is 2.94. The molecule has 0 saturated heterocycles. The van der Waals surface area contributed by atoms with E-state index >= 15 is 0 Å². The Bertz CT molecular complexity index is 550. The summed E-state index contributed by atoms with van der Waals surface area (Å²) in [7, 11) is 0. The maximum Gasteiger partial charge on any atom is 0.240 e. The van der Waals surface area contributed by atoms with Gasteiger partial charge < -0.3 is 0 Å². The fourth-order valence-electron chi connectivity index (χ4n) is 1.30. The van der Waals surface area contributed by atoms with Crippen molar-refractivity contribution in [1.82, 2.24) is 9.97 Å². The molecule has 0 unspecified atom stereocenters. The van der Waals surface area contributed by atoms with Gasteiger partial charge in [0.2, 0.25) is 6.08 Å². The van der Waals surface area contributed by atoms with Crippen molar-refractivity contribution < 1.29 is 4.79 Å². The number of carbonyl (C=O) groups excluding carboxylic acids is 1. The van der Waals surface area contributed by atoms with Gasteiger partial charge in [-0.2, -0.15) is 4.99 Å². The third-order valence-corrected chi connectivity index (χ3v) is 2.40. The van der Waals surface area contributed by atoms with Gasteiger partial charge in [-0.15, -0.1) is 0 Å².